The molecule has 6 nitrogen and oxygen atoms in total. The third-order valence-electron chi connectivity index (χ3n) is 4.76. The number of benzene rings is 2. The number of alkyl halides is 3. The summed E-state index contributed by atoms with van der Waals surface area (Å²) in [5, 5.41) is 8.41. The van der Waals surface area contributed by atoms with Gasteiger partial charge in [-0.2, -0.15) is 13.2 Å². The largest absolute Gasteiger partial charge is 0.479 e. The molecule has 0 spiro atoms. The van der Waals surface area contributed by atoms with Gasteiger partial charge in [0.25, 0.3) is 0 Å². The Kier molecular flexibility index (Phi) is 7.08. The van der Waals surface area contributed by atoms with E-state index >= 15 is 0 Å². The first-order valence-electron chi connectivity index (χ1n) is 9.05. The molecule has 1 aliphatic carbocycles. The molecule has 174 valence electrons. The first-order valence-corrected chi connectivity index (χ1v) is 11.7. The minimum atomic E-state index is -4.76. The van der Waals surface area contributed by atoms with E-state index in [0.717, 1.165) is 12.1 Å². The van der Waals surface area contributed by atoms with Crippen molar-refractivity contribution in [2.75, 3.05) is 6.61 Å². The first kappa shape index (κ1) is 24.7. The molecule has 2 aromatic carbocycles. The number of aliphatic carboxylic acids is 1. The van der Waals surface area contributed by atoms with E-state index in [4.69, 9.17) is 21.4 Å². The van der Waals surface area contributed by atoms with Crippen molar-refractivity contribution in [2.45, 2.75) is 36.4 Å². The highest BCUT2D eigenvalue weighted by Crippen LogP contribution is 2.41. The summed E-state index contributed by atoms with van der Waals surface area (Å²) >= 11 is 8.79. The normalized spacial score (nSPS) is 16.5. The molecule has 1 aliphatic rings. The van der Waals surface area contributed by atoms with Gasteiger partial charge in [-0.25, -0.2) is 22.3 Å². The molecule has 32 heavy (non-hydrogen) atoms. The van der Waals surface area contributed by atoms with Gasteiger partial charge in [-0.15, -0.1) is 0 Å². The van der Waals surface area contributed by atoms with Crippen molar-refractivity contribution in [3.05, 3.63) is 56.3 Å². The van der Waals surface area contributed by atoms with Gasteiger partial charge in [-0.3, -0.25) is 0 Å². The van der Waals surface area contributed by atoms with Gasteiger partial charge < -0.3 is 9.84 Å². The van der Waals surface area contributed by atoms with E-state index in [1.54, 1.807) is 0 Å². The van der Waals surface area contributed by atoms with Gasteiger partial charge in [0.2, 0.25) is 10.0 Å². The maximum Gasteiger partial charge on any atom is 0.416 e. The molecule has 0 aliphatic heterocycles. The number of carbonyl (C=O) groups is 1. The molecule has 0 saturated carbocycles. The van der Waals surface area contributed by atoms with Gasteiger partial charge in [0.1, 0.15) is 0 Å². The van der Waals surface area contributed by atoms with E-state index in [9.17, 15) is 30.8 Å². The van der Waals surface area contributed by atoms with Gasteiger partial charge in [0, 0.05) is 16.1 Å². The van der Waals surface area contributed by atoms with E-state index < -0.39 is 56.1 Å². The molecule has 0 aromatic heterocycles. The number of hydrogen-bond acceptors (Lipinski definition) is 4. The lowest BCUT2D eigenvalue weighted by Crippen LogP contribution is -2.31. The van der Waals surface area contributed by atoms with Gasteiger partial charge in [-0.1, -0.05) is 27.5 Å². The number of ether oxygens (including phenoxy) is 1. The molecule has 2 aromatic rings. The predicted molar refractivity (Wildman–Crippen MR) is 110 cm³/mol. The minimum absolute atomic E-state index is 0.0776. The van der Waals surface area contributed by atoms with Crippen LogP contribution in [0.2, 0.25) is 5.02 Å². The maximum atomic E-state index is 14.5. The number of hydrogen-bond donors (Lipinski definition) is 2. The molecular weight excluding hydrogens is 546 g/mol. The fraction of sp³-hybridized carbons (Fsp3) is 0.316. The van der Waals surface area contributed by atoms with Crippen LogP contribution in [0.3, 0.4) is 0 Å². The summed E-state index contributed by atoms with van der Waals surface area (Å²) in [7, 11) is -4.42. The number of nitrogens with one attached hydrogen (secondary N) is 1. The number of carboxylic acid groups (broad SMARTS) is 1. The van der Waals surface area contributed by atoms with Gasteiger partial charge in [0.15, 0.2) is 18.2 Å². The zero-order chi connectivity index (χ0) is 23.8. The van der Waals surface area contributed by atoms with Gasteiger partial charge in [0.05, 0.1) is 15.5 Å². The minimum Gasteiger partial charge on any atom is -0.479 e. The molecule has 3 rings (SSSR count). The lowest BCUT2D eigenvalue weighted by Gasteiger charge is -2.28. The SMILES string of the molecule is O=C(O)COc1c(F)c(Cl)cc2c1CCCC2NS(=O)(=O)c1cc(Br)cc(C(F)(F)F)c1. The van der Waals surface area contributed by atoms with Crippen molar-refractivity contribution in [3.63, 3.8) is 0 Å². The van der Waals surface area contributed by atoms with Gasteiger partial charge >= 0.3 is 12.1 Å². The zero-order valence-electron chi connectivity index (χ0n) is 16.0. The van der Waals surface area contributed by atoms with Crippen LogP contribution in [0.5, 0.6) is 5.75 Å². The van der Waals surface area contributed by atoms with Gasteiger partial charge in [-0.05, 0) is 49.1 Å². The summed E-state index contributed by atoms with van der Waals surface area (Å²) in [6.07, 6.45) is -3.84. The highest BCUT2D eigenvalue weighted by Gasteiger charge is 2.34. The Hall–Kier alpha value is -1.89. The van der Waals surface area contributed by atoms with Crippen LogP contribution in [0.1, 0.15) is 35.6 Å². The van der Waals surface area contributed by atoms with E-state index in [1.165, 1.54) is 6.07 Å². The lowest BCUT2D eigenvalue weighted by molar-refractivity contribution is -0.139. The molecule has 1 unspecified atom stereocenters. The zero-order valence-corrected chi connectivity index (χ0v) is 19.1. The highest BCUT2D eigenvalue weighted by atomic mass is 79.9. The summed E-state index contributed by atoms with van der Waals surface area (Å²) in [6.45, 7) is -0.835. The topological polar surface area (TPSA) is 92.7 Å². The Morgan fingerprint density at radius 1 is 1.28 bits per heavy atom. The van der Waals surface area contributed by atoms with Crippen LogP contribution in [0, 0.1) is 5.82 Å². The summed E-state index contributed by atoms with van der Waals surface area (Å²) in [5.41, 5.74) is -0.638. The average molecular weight is 561 g/mol. The van der Waals surface area contributed by atoms with Crippen molar-refractivity contribution >= 4 is 43.5 Å². The monoisotopic (exact) mass is 559 g/mol. The Labute approximate surface area is 193 Å². The maximum absolute atomic E-state index is 14.5. The second-order valence-corrected chi connectivity index (χ2v) is 10.0. The Bertz CT molecular complexity index is 1170. The molecule has 0 heterocycles. The Morgan fingerprint density at radius 3 is 2.59 bits per heavy atom. The standard InChI is InChI=1S/C19H15BrClF4NO5S/c20-10-4-9(19(23,24)25)5-11(6-10)32(29,30)26-15-3-1-2-12-13(15)7-14(21)17(22)18(12)31-8-16(27)28/h4-7,15,26H,1-3,8H2,(H,27,28). The second kappa shape index (κ2) is 9.16. The van der Waals surface area contributed by atoms with E-state index in [0.29, 0.717) is 12.5 Å². The predicted octanol–water partition coefficient (Wildman–Crippen LogP) is 5.08. The molecule has 0 saturated heterocycles. The van der Waals surface area contributed by atoms with E-state index in [2.05, 4.69) is 20.7 Å². The molecule has 2 N–H and O–H groups in total. The van der Waals surface area contributed by atoms with Crippen molar-refractivity contribution in [1.29, 1.82) is 0 Å². The molecular formula is C19H15BrClF4NO5S. The highest BCUT2D eigenvalue weighted by molar-refractivity contribution is 9.10. The number of carboxylic acids is 1. The van der Waals surface area contributed by atoms with Crippen LogP contribution in [0.15, 0.2) is 33.6 Å². The smallest absolute Gasteiger partial charge is 0.416 e. The number of rotatable bonds is 6. The van der Waals surface area contributed by atoms with Crippen LogP contribution >= 0.6 is 27.5 Å². The first-order chi connectivity index (χ1) is 14.8. The fourth-order valence-electron chi connectivity index (χ4n) is 3.41. The summed E-state index contributed by atoms with van der Waals surface area (Å²) in [6, 6.07) is 2.55. The van der Waals surface area contributed by atoms with Crippen LogP contribution in [-0.2, 0) is 27.4 Å². The van der Waals surface area contributed by atoms with Crippen LogP contribution in [0.4, 0.5) is 17.6 Å². The lowest BCUT2D eigenvalue weighted by atomic mass is 9.87. The van der Waals surface area contributed by atoms with Crippen molar-refractivity contribution in [3.8, 4) is 5.75 Å². The quantitative estimate of drug-likeness (QED) is 0.481. The van der Waals surface area contributed by atoms with Crippen molar-refractivity contribution < 1.29 is 40.6 Å². The summed E-state index contributed by atoms with van der Waals surface area (Å²) in [5.74, 6) is -2.71. The van der Waals surface area contributed by atoms with E-state index in [1.807, 2.05) is 0 Å². The fourth-order valence-corrected chi connectivity index (χ4v) is 5.58. The molecule has 13 heteroatoms. The summed E-state index contributed by atoms with van der Waals surface area (Å²) < 4.78 is 86.9. The summed E-state index contributed by atoms with van der Waals surface area (Å²) in [4.78, 5) is 10.2. The van der Waals surface area contributed by atoms with Crippen molar-refractivity contribution in [2.24, 2.45) is 0 Å². The molecule has 1 atom stereocenters. The average Bonchev–Trinajstić information content (AvgIpc) is 2.67. The Morgan fingerprint density at radius 2 is 1.97 bits per heavy atom. The number of sulfonamides is 1. The third kappa shape index (κ3) is 5.36. The number of fused-ring (bicyclic) bond motifs is 1. The third-order valence-corrected chi connectivity index (χ3v) is 6.94. The van der Waals surface area contributed by atoms with Crippen LogP contribution in [-0.4, -0.2) is 26.1 Å². The molecule has 0 amide bonds. The van der Waals surface area contributed by atoms with Crippen LogP contribution in [0.25, 0.3) is 0 Å². The molecule has 0 fully saturated rings. The van der Waals surface area contributed by atoms with E-state index in [-0.39, 0.29) is 34.2 Å². The molecule has 0 radical (unpaired) electrons. The Balaban J connectivity index is 2.00. The second-order valence-electron chi connectivity index (χ2n) is 6.99. The molecule has 0 bridgehead atoms. The van der Waals surface area contributed by atoms with Crippen molar-refractivity contribution in [1.82, 2.24) is 4.72 Å². The number of halogens is 6. The van der Waals surface area contributed by atoms with Crippen LogP contribution < -0.4 is 9.46 Å².